The zero-order valence-corrected chi connectivity index (χ0v) is 19.5. The highest BCUT2D eigenvalue weighted by Crippen LogP contribution is 2.44. The molecule has 1 aromatic heterocycles. The number of benzene rings is 3. The van der Waals surface area contributed by atoms with Crippen molar-refractivity contribution in [2.75, 3.05) is 4.90 Å². The Balaban J connectivity index is 1.71. The van der Waals surface area contributed by atoms with Gasteiger partial charge in [0.05, 0.1) is 21.8 Å². The van der Waals surface area contributed by atoms with E-state index in [9.17, 15) is 19.1 Å². The van der Waals surface area contributed by atoms with Crippen LogP contribution in [0.15, 0.2) is 72.3 Å². The number of aliphatic hydroxyl groups excluding tert-OH is 1. The highest BCUT2D eigenvalue weighted by molar-refractivity contribution is 7.22. The summed E-state index contributed by atoms with van der Waals surface area (Å²) in [6, 6.07) is 16.8. The molecule has 1 fully saturated rings. The minimum Gasteiger partial charge on any atom is -0.507 e. The van der Waals surface area contributed by atoms with Gasteiger partial charge in [-0.1, -0.05) is 48.1 Å². The van der Waals surface area contributed by atoms with Crippen molar-refractivity contribution in [3.63, 3.8) is 0 Å². The third-order valence-electron chi connectivity index (χ3n) is 5.80. The third-order valence-corrected chi connectivity index (χ3v) is 7.07. The Labute approximate surface area is 203 Å². The van der Waals surface area contributed by atoms with Crippen LogP contribution >= 0.6 is 22.9 Å². The first-order valence-corrected chi connectivity index (χ1v) is 11.8. The van der Waals surface area contributed by atoms with E-state index in [0.717, 1.165) is 16.7 Å². The maximum absolute atomic E-state index is 13.4. The molecule has 1 atom stereocenters. The number of aryl methyl sites for hydroxylation is 1. The van der Waals surface area contributed by atoms with Crippen LogP contribution < -0.4 is 4.90 Å². The molecule has 2 heterocycles. The topological polar surface area (TPSA) is 70.5 Å². The standard InChI is InChI=1S/C26H18ClFN2O3S/c1-2-14-3-12-19-20(13-14)34-26(29-19)30-22(15-4-8-17(27)9-5-15)21(24(32)25(30)33)23(31)16-6-10-18(28)11-7-16/h3-13,22,31H,2H2,1H3. The van der Waals surface area contributed by atoms with Crippen molar-refractivity contribution in [1.29, 1.82) is 0 Å². The van der Waals surface area contributed by atoms with E-state index in [1.165, 1.54) is 40.5 Å². The van der Waals surface area contributed by atoms with E-state index >= 15 is 0 Å². The zero-order valence-electron chi connectivity index (χ0n) is 18.0. The van der Waals surface area contributed by atoms with Crippen LogP contribution in [0.3, 0.4) is 0 Å². The van der Waals surface area contributed by atoms with Crippen LogP contribution in [0.2, 0.25) is 5.02 Å². The van der Waals surface area contributed by atoms with Crippen LogP contribution in [0.25, 0.3) is 16.0 Å². The maximum Gasteiger partial charge on any atom is 0.301 e. The third kappa shape index (κ3) is 3.77. The van der Waals surface area contributed by atoms with Crippen molar-refractivity contribution in [1.82, 2.24) is 4.98 Å². The number of nitrogens with zero attached hydrogens (tertiary/aromatic N) is 2. The van der Waals surface area contributed by atoms with Gasteiger partial charge >= 0.3 is 5.91 Å². The van der Waals surface area contributed by atoms with Crippen LogP contribution in [0.4, 0.5) is 9.52 Å². The number of fused-ring (bicyclic) bond motifs is 1. The summed E-state index contributed by atoms with van der Waals surface area (Å²) in [5, 5.41) is 11.9. The molecular formula is C26H18ClFN2O3S. The molecule has 3 aromatic carbocycles. The molecule has 170 valence electrons. The number of carbonyl (C=O) groups is 2. The van der Waals surface area contributed by atoms with Gasteiger partial charge in [-0.15, -0.1) is 0 Å². The van der Waals surface area contributed by atoms with E-state index in [1.54, 1.807) is 24.3 Å². The van der Waals surface area contributed by atoms with Gasteiger partial charge in [-0.3, -0.25) is 14.5 Å². The van der Waals surface area contributed by atoms with E-state index in [1.807, 2.05) is 18.2 Å². The molecule has 1 amide bonds. The molecule has 1 saturated heterocycles. The van der Waals surface area contributed by atoms with Crippen molar-refractivity contribution in [2.45, 2.75) is 19.4 Å². The summed E-state index contributed by atoms with van der Waals surface area (Å²) >= 11 is 7.37. The van der Waals surface area contributed by atoms with Crippen molar-refractivity contribution in [3.05, 3.63) is 99.8 Å². The molecule has 34 heavy (non-hydrogen) atoms. The monoisotopic (exact) mass is 492 g/mol. The molecule has 0 spiro atoms. The number of Topliss-reactive ketones (excluding diaryl/α,β-unsaturated/α-hetero) is 1. The first-order valence-electron chi connectivity index (χ1n) is 10.6. The Morgan fingerprint density at radius 2 is 1.79 bits per heavy atom. The van der Waals surface area contributed by atoms with E-state index in [0.29, 0.717) is 21.2 Å². The van der Waals surface area contributed by atoms with Crippen LogP contribution in [-0.4, -0.2) is 21.8 Å². The van der Waals surface area contributed by atoms with E-state index in [4.69, 9.17) is 11.6 Å². The number of carbonyl (C=O) groups excluding carboxylic acids is 2. The highest BCUT2D eigenvalue weighted by atomic mass is 35.5. The molecular weight excluding hydrogens is 475 g/mol. The quantitative estimate of drug-likeness (QED) is 0.207. The minimum absolute atomic E-state index is 0.0903. The molecule has 8 heteroatoms. The second-order valence-electron chi connectivity index (χ2n) is 7.88. The molecule has 0 saturated carbocycles. The van der Waals surface area contributed by atoms with Crippen LogP contribution in [0, 0.1) is 5.82 Å². The average Bonchev–Trinajstić information content (AvgIpc) is 3.37. The lowest BCUT2D eigenvalue weighted by molar-refractivity contribution is -0.132. The van der Waals surface area contributed by atoms with E-state index in [-0.39, 0.29) is 16.9 Å². The summed E-state index contributed by atoms with van der Waals surface area (Å²) in [7, 11) is 0. The molecule has 5 nitrogen and oxygen atoms in total. The molecule has 1 aliphatic heterocycles. The van der Waals surface area contributed by atoms with Gasteiger partial charge in [0.1, 0.15) is 11.6 Å². The predicted molar refractivity (Wildman–Crippen MR) is 132 cm³/mol. The first-order chi connectivity index (χ1) is 16.4. The normalized spacial score (nSPS) is 17.6. The molecule has 0 bridgehead atoms. The summed E-state index contributed by atoms with van der Waals surface area (Å²) in [4.78, 5) is 32.4. The van der Waals surface area contributed by atoms with E-state index in [2.05, 4.69) is 11.9 Å². The molecule has 1 N–H and O–H groups in total. The minimum atomic E-state index is -0.923. The number of rotatable bonds is 4. The fraction of sp³-hybridized carbons (Fsp3) is 0.115. The summed E-state index contributed by atoms with van der Waals surface area (Å²) in [6.07, 6.45) is 0.857. The Kier molecular flexibility index (Phi) is 5.67. The Hall–Kier alpha value is -3.55. The van der Waals surface area contributed by atoms with E-state index < -0.39 is 23.5 Å². The second kappa shape index (κ2) is 8.66. The predicted octanol–water partition coefficient (Wildman–Crippen LogP) is 6.28. The molecule has 5 rings (SSSR count). The van der Waals surface area contributed by atoms with Gasteiger partial charge in [-0.05, 0) is 66.1 Å². The Bertz CT molecular complexity index is 1460. The van der Waals surface area contributed by atoms with Crippen LogP contribution in [0.1, 0.15) is 29.7 Å². The fourth-order valence-electron chi connectivity index (χ4n) is 4.03. The lowest BCUT2D eigenvalue weighted by atomic mass is 9.95. The van der Waals surface area contributed by atoms with Gasteiger partial charge in [-0.25, -0.2) is 9.37 Å². The van der Waals surface area contributed by atoms with Crippen molar-refractivity contribution in [2.24, 2.45) is 0 Å². The molecule has 0 radical (unpaired) electrons. The van der Waals surface area contributed by atoms with Crippen molar-refractivity contribution in [3.8, 4) is 0 Å². The van der Waals surface area contributed by atoms with Crippen LogP contribution in [0.5, 0.6) is 0 Å². The molecule has 1 unspecified atom stereocenters. The number of ketones is 1. The Morgan fingerprint density at radius 3 is 2.47 bits per heavy atom. The smallest absolute Gasteiger partial charge is 0.301 e. The maximum atomic E-state index is 13.4. The molecule has 1 aliphatic rings. The largest absolute Gasteiger partial charge is 0.507 e. The van der Waals surface area contributed by atoms with Gasteiger partial charge in [0.25, 0.3) is 5.78 Å². The van der Waals surface area contributed by atoms with Gasteiger partial charge in [0.15, 0.2) is 5.13 Å². The number of amides is 1. The fourth-order valence-corrected chi connectivity index (χ4v) is 5.22. The summed E-state index contributed by atoms with van der Waals surface area (Å²) < 4.78 is 14.3. The Morgan fingerprint density at radius 1 is 1.09 bits per heavy atom. The number of aromatic nitrogens is 1. The van der Waals surface area contributed by atoms with Gasteiger partial charge in [0.2, 0.25) is 0 Å². The second-order valence-corrected chi connectivity index (χ2v) is 9.33. The number of hydrogen-bond donors (Lipinski definition) is 1. The van der Waals surface area contributed by atoms with Gasteiger partial charge in [0, 0.05) is 10.6 Å². The molecule has 0 aliphatic carbocycles. The molecule has 4 aromatic rings. The average molecular weight is 493 g/mol. The number of halogens is 2. The lowest BCUT2D eigenvalue weighted by Crippen LogP contribution is -2.29. The van der Waals surface area contributed by atoms with Crippen molar-refractivity contribution < 1.29 is 19.1 Å². The van der Waals surface area contributed by atoms with Gasteiger partial charge in [-0.2, -0.15) is 0 Å². The summed E-state index contributed by atoms with van der Waals surface area (Å²) in [6.45, 7) is 2.05. The summed E-state index contributed by atoms with van der Waals surface area (Å²) in [5.74, 6) is -2.49. The number of hydrogen-bond acceptors (Lipinski definition) is 5. The summed E-state index contributed by atoms with van der Waals surface area (Å²) in [5.41, 5.74) is 2.58. The number of thiazole rings is 1. The first kappa shape index (κ1) is 22.3. The zero-order chi connectivity index (χ0) is 24.0. The number of anilines is 1. The van der Waals surface area contributed by atoms with Crippen LogP contribution in [-0.2, 0) is 16.0 Å². The van der Waals surface area contributed by atoms with Gasteiger partial charge < -0.3 is 5.11 Å². The van der Waals surface area contributed by atoms with Crippen molar-refractivity contribution >= 4 is 55.7 Å². The SMILES string of the molecule is CCc1ccc2nc(N3C(=O)C(=O)C(=C(O)c4ccc(F)cc4)C3c3ccc(Cl)cc3)sc2c1. The highest BCUT2D eigenvalue weighted by Gasteiger charge is 2.48. The lowest BCUT2D eigenvalue weighted by Gasteiger charge is -2.23. The number of aliphatic hydroxyl groups is 1.